The lowest BCUT2D eigenvalue weighted by Crippen LogP contribution is -2.31. The summed E-state index contributed by atoms with van der Waals surface area (Å²) >= 11 is 3.79. The van der Waals surface area contributed by atoms with Crippen molar-refractivity contribution in [3.05, 3.63) is 57.3 Å². The van der Waals surface area contributed by atoms with Crippen LogP contribution in [-0.4, -0.2) is 30.5 Å². The third kappa shape index (κ3) is 9.89. The summed E-state index contributed by atoms with van der Waals surface area (Å²) in [6, 6.07) is 9.40. The zero-order chi connectivity index (χ0) is 28.6. The van der Waals surface area contributed by atoms with Gasteiger partial charge in [0, 0.05) is 24.0 Å². The highest BCUT2D eigenvalue weighted by Gasteiger charge is 2.31. The minimum absolute atomic E-state index is 0.126. The summed E-state index contributed by atoms with van der Waals surface area (Å²) in [4.78, 5) is 0. The van der Waals surface area contributed by atoms with E-state index in [1.54, 1.807) is 19.2 Å². The van der Waals surface area contributed by atoms with Crippen molar-refractivity contribution in [2.45, 2.75) is 123 Å². The fraction of sp³-hybridized carbons (Fsp3) is 0.629. The summed E-state index contributed by atoms with van der Waals surface area (Å²) in [7, 11) is 1.72. The normalized spacial score (nSPS) is 13.0. The lowest BCUT2D eigenvalue weighted by atomic mass is 9.91. The van der Waals surface area contributed by atoms with Gasteiger partial charge in [0.25, 0.3) is 0 Å². The van der Waals surface area contributed by atoms with Gasteiger partial charge in [-0.1, -0.05) is 103 Å². The van der Waals surface area contributed by atoms with Gasteiger partial charge in [0.15, 0.2) is 23.8 Å². The molecule has 0 aliphatic carbocycles. The maximum atomic E-state index is 14.7. The van der Waals surface area contributed by atoms with Crippen LogP contribution in [0.3, 0.4) is 0 Å². The molecule has 5 heteroatoms. The summed E-state index contributed by atoms with van der Waals surface area (Å²) in [5.74, 6) is 1.55. The smallest absolute Gasteiger partial charge is 0.184 e. The SMILES string of the molecule is CCCCCCCCCCCC1=[N+](Cc2ccccc2F)CCc2c1cc(Br)c(OC)c2OCCCCCCC. The van der Waals surface area contributed by atoms with Crippen molar-refractivity contribution < 1.29 is 18.4 Å². The van der Waals surface area contributed by atoms with Gasteiger partial charge in [-0.05, 0) is 47.0 Å². The molecule has 1 aliphatic rings. The van der Waals surface area contributed by atoms with Gasteiger partial charge in [0.2, 0.25) is 0 Å². The first-order valence-corrected chi connectivity index (χ1v) is 16.8. The Morgan fingerprint density at radius 3 is 2.10 bits per heavy atom. The molecule has 0 amide bonds. The van der Waals surface area contributed by atoms with E-state index in [0.29, 0.717) is 13.2 Å². The highest BCUT2D eigenvalue weighted by molar-refractivity contribution is 9.10. The Bertz CT molecular complexity index is 1070. The van der Waals surface area contributed by atoms with Gasteiger partial charge in [-0.2, -0.15) is 0 Å². The van der Waals surface area contributed by atoms with E-state index in [2.05, 4.69) is 40.4 Å². The Morgan fingerprint density at radius 1 is 0.825 bits per heavy atom. The molecule has 0 radical (unpaired) electrons. The Labute approximate surface area is 251 Å². The van der Waals surface area contributed by atoms with Crippen molar-refractivity contribution >= 4 is 21.6 Å². The summed E-state index contributed by atoms with van der Waals surface area (Å²) in [6.45, 7) is 6.67. The van der Waals surface area contributed by atoms with E-state index in [1.165, 1.54) is 93.9 Å². The maximum absolute atomic E-state index is 14.7. The van der Waals surface area contributed by atoms with E-state index in [9.17, 15) is 4.39 Å². The van der Waals surface area contributed by atoms with Crippen LogP contribution in [0.4, 0.5) is 4.39 Å². The van der Waals surface area contributed by atoms with E-state index >= 15 is 0 Å². The number of methoxy groups -OCH3 is 1. The van der Waals surface area contributed by atoms with Crippen molar-refractivity contribution in [2.24, 2.45) is 0 Å². The Morgan fingerprint density at radius 2 is 1.45 bits per heavy atom. The molecule has 1 heterocycles. The molecule has 40 heavy (non-hydrogen) atoms. The van der Waals surface area contributed by atoms with Gasteiger partial charge in [0.05, 0.1) is 23.8 Å². The molecule has 0 aromatic heterocycles. The number of ether oxygens (including phenoxy) is 2. The molecular formula is C35H52BrFNO2+. The van der Waals surface area contributed by atoms with Crippen molar-refractivity contribution in [1.82, 2.24) is 0 Å². The molecule has 2 aromatic carbocycles. The number of rotatable bonds is 20. The van der Waals surface area contributed by atoms with Crippen molar-refractivity contribution in [2.75, 3.05) is 20.3 Å². The third-order valence-electron chi connectivity index (χ3n) is 8.15. The first kappa shape index (κ1) is 32.6. The molecule has 0 saturated carbocycles. The topological polar surface area (TPSA) is 21.5 Å². The zero-order valence-corrected chi connectivity index (χ0v) is 26.9. The quantitative estimate of drug-likeness (QED) is 0.109. The fourth-order valence-electron chi connectivity index (χ4n) is 5.83. The molecule has 0 saturated heterocycles. The largest absolute Gasteiger partial charge is 0.492 e. The highest BCUT2D eigenvalue weighted by atomic mass is 79.9. The first-order chi connectivity index (χ1) is 19.6. The first-order valence-electron chi connectivity index (χ1n) is 16.0. The fourth-order valence-corrected chi connectivity index (χ4v) is 6.40. The van der Waals surface area contributed by atoms with Gasteiger partial charge < -0.3 is 9.47 Å². The molecule has 0 N–H and O–H groups in total. The molecule has 3 rings (SSSR count). The molecule has 0 bridgehead atoms. The van der Waals surface area contributed by atoms with E-state index < -0.39 is 0 Å². The summed E-state index contributed by atoms with van der Waals surface area (Å²) in [5, 5.41) is 0. The average molecular weight is 618 g/mol. The van der Waals surface area contributed by atoms with Gasteiger partial charge in [-0.15, -0.1) is 0 Å². The Balaban J connectivity index is 1.79. The van der Waals surface area contributed by atoms with Crippen LogP contribution in [0.15, 0.2) is 34.8 Å². The minimum Gasteiger partial charge on any atom is -0.492 e. The molecule has 0 unspecified atom stereocenters. The van der Waals surface area contributed by atoms with Crippen LogP contribution in [0, 0.1) is 5.82 Å². The van der Waals surface area contributed by atoms with Crippen molar-refractivity contribution in [1.29, 1.82) is 0 Å². The van der Waals surface area contributed by atoms with Gasteiger partial charge in [0.1, 0.15) is 12.4 Å². The third-order valence-corrected chi connectivity index (χ3v) is 8.74. The van der Waals surface area contributed by atoms with Crippen LogP contribution in [-0.2, 0) is 13.0 Å². The molecule has 2 aromatic rings. The zero-order valence-electron chi connectivity index (χ0n) is 25.3. The lowest BCUT2D eigenvalue weighted by molar-refractivity contribution is -0.546. The van der Waals surface area contributed by atoms with E-state index in [4.69, 9.17) is 9.47 Å². The number of benzene rings is 2. The summed E-state index contributed by atoms with van der Waals surface area (Å²) in [5.41, 5.74) is 4.54. The summed E-state index contributed by atoms with van der Waals surface area (Å²) < 4.78 is 30.3. The van der Waals surface area contributed by atoms with Crippen LogP contribution in [0.25, 0.3) is 0 Å². The molecule has 0 atom stereocenters. The average Bonchev–Trinajstić information content (AvgIpc) is 2.95. The highest BCUT2D eigenvalue weighted by Crippen LogP contribution is 2.42. The predicted octanol–water partition coefficient (Wildman–Crippen LogP) is 10.4. The maximum Gasteiger partial charge on any atom is 0.184 e. The predicted molar refractivity (Wildman–Crippen MR) is 170 cm³/mol. The second kappa shape index (κ2) is 18.5. The van der Waals surface area contributed by atoms with Gasteiger partial charge in [-0.3, -0.25) is 0 Å². The molecule has 0 spiro atoms. The lowest BCUT2D eigenvalue weighted by Gasteiger charge is -2.24. The molecular weight excluding hydrogens is 565 g/mol. The van der Waals surface area contributed by atoms with Gasteiger partial charge in [-0.25, -0.2) is 8.97 Å². The molecule has 3 nitrogen and oxygen atoms in total. The second-order valence-electron chi connectivity index (χ2n) is 11.3. The number of halogens is 2. The number of fused-ring (bicyclic) bond motifs is 1. The van der Waals surface area contributed by atoms with Crippen LogP contribution in [0.2, 0.25) is 0 Å². The van der Waals surface area contributed by atoms with Gasteiger partial charge >= 0.3 is 0 Å². The van der Waals surface area contributed by atoms with E-state index in [1.807, 2.05) is 12.1 Å². The number of nitrogens with zero attached hydrogens (tertiary/aromatic N) is 1. The van der Waals surface area contributed by atoms with E-state index in [0.717, 1.165) is 53.8 Å². The standard InChI is InChI=1S/C35H52BrFNO2/c1-4-6-8-10-11-12-13-14-16-22-33-30-26-31(36)35(39-3)34(40-25-19-15-9-7-5-2)29(30)23-24-38(33)27-28-20-17-18-21-32(28)37/h17-18,20-21,26H,4-16,19,22-25,27H2,1-3H3/q+1. The van der Waals surface area contributed by atoms with E-state index in [-0.39, 0.29) is 5.82 Å². The minimum atomic E-state index is -0.126. The van der Waals surface area contributed by atoms with Crippen LogP contribution < -0.4 is 9.47 Å². The van der Waals surface area contributed by atoms with Crippen molar-refractivity contribution in [3.8, 4) is 11.5 Å². The number of hydrogen-bond donors (Lipinski definition) is 0. The summed E-state index contributed by atoms with van der Waals surface area (Å²) in [6.07, 6.45) is 19.6. The van der Waals surface area contributed by atoms with Crippen molar-refractivity contribution in [3.63, 3.8) is 0 Å². The van der Waals surface area contributed by atoms with Crippen LogP contribution in [0.1, 0.15) is 127 Å². The monoisotopic (exact) mass is 616 g/mol. The van der Waals surface area contributed by atoms with Crippen LogP contribution in [0.5, 0.6) is 11.5 Å². The number of unbranched alkanes of at least 4 members (excludes halogenated alkanes) is 12. The molecule has 222 valence electrons. The number of hydrogen-bond acceptors (Lipinski definition) is 2. The molecule has 1 aliphatic heterocycles. The molecule has 0 fully saturated rings. The Hall–Kier alpha value is -1.88. The van der Waals surface area contributed by atoms with Crippen LogP contribution >= 0.6 is 15.9 Å². The Kier molecular flexibility index (Phi) is 15.1. The second-order valence-corrected chi connectivity index (χ2v) is 12.2.